The third kappa shape index (κ3) is 55.4. The van der Waals surface area contributed by atoms with Crippen LogP contribution < -0.4 is 0 Å². The molecule has 1 atom stereocenters. The van der Waals surface area contributed by atoms with Crippen LogP contribution in [0.3, 0.4) is 0 Å². The predicted octanol–water partition coefficient (Wildman–Crippen LogP) is 19.8. The molecule has 0 saturated heterocycles. The average molecular weight is 946 g/mol. The van der Waals surface area contributed by atoms with Gasteiger partial charge in [0.15, 0.2) is 6.10 Å². The Morgan fingerprint density at radius 1 is 0.338 bits per heavy atom. The molecule has 0 aliphatic rings. The highest BCUT2D eigenvalue weighted by Crippen LogP contribution is 2.14. The fourth-order valence-corrected chi connectivity index (χ4v) is 7.80. The molecule has 0 aromatic carbocycles. The largest absolute Gasteiger partial charge is 0.462 e. The lowest BCUT2D eigenvalue weighted by Crippen LogP contribution is -2.30. The first-order valence-corrected chi connectivity index (χ1v) is 28.8. The molecule has 0 fully saturated rings. The lowest BCUT2D eigenvalue weighted by Gasteiger charge is -2.18. The summed E-state index contributed by atoms with van der Waals surface area (Å²) in [5.41, 5.74) is 0. The van der Waals surface area contributed by atoms with Gasteiger partial charge in [-0.2, -0.15) is 0 Å². The van der Waals surface area contributed by atoms with Crippen molar-refractivity contribution in [2.45, 2.75) is 271 Å². The Hall–Kier alpha value is -3.18. The number of hydrogen-bond acceptors (Lipinski definition) is 5. The second kappa shape index (κ2) is 58.1. The van der Waals surface area contributed by atoms with Gasteiger partial charge in [-0.25, -0.2) is 0 Å². The maximum Gasteiger partial charge on any atom is 0.306 e. The summed E-state index contributed by atoms with van der Waals surface area (Å²) in [4.78, 5) is 25.5. The molecule has 0 radical (unpaired) electrons. The molecular formula is C63H108O5. The molecule has 0 bridgehead atoms. The van der Waals surface area contributed by atoms with Crippen LogP contribution in [0, 0.1) is 0 Å². The second-order valence-corrected chi connectivity index (χ2v) is 18.8. The maximum absolute atomic E-state index is 12.8. The standard InChI is InChI=1S/C63H108O5/c1-4-7-10-13-16-19-22-25-27-29-31-33-35-37-40-43-46-49-52-55-58-66-59-61(68-63(65)57-54-51-48-45-42-38-24-21-18-15-12-9-6-3)60-67-62(64)56-53-50-47-44-41-39-36-34-32-30-28-26-23-20-17-14-11-8-5-2/h8,11-12,15,17,20-21,24-28,32,34,39,41,61H,4-7,9-10,13-14,16,18-19,22-23,29-31,33,35-38,40,42-60H2,1-3H3/b11-8-,15-12-,20-17-,24-21-,27-25-,28-26-,34-32-,41-39-. The van der Waals surface area contributed by atoms with E-state index in [1.54, 1.807) is 0 Å². The second-order valence-electron chi connectivity index (χ2n) is 18.8. The van der Waals surface area contributed by atoms with E-state index in [1.165, 1.54) is 122 Å². The first-order chi connectivity index (χ1) is 33.6. The van der Waals surface area contributed by atoms with Crippen LogP contribution in [0.25, 0.3) is 0 Å². The van der Waals surface area contributed by atoms with Gasteiger partial charge in [0.05, 0.1) is 6.61 Å². The highest BCUT2D eigenvalue weighted by molar-refractivity contribution is 5.70. The van der Waals surface area contributed by atoms with Crippen molar-refractivity contribution >= 4 is 11.9 Å². The van der Waals surface area contributed by atoms with Gasteiger partial charge >= 0.3 is 11.9 Å². The Kier molecular flexibility index (Phi) is 55.4. The number of hydrogen-bond donors (Lipinski definition) is 0. The Labute approximate surface area is 422 Å². The lowest BCUT2D eigenvalue weighted by molar-refractivity contribution is -0.163. The van der Waals surface area contributed by atoms with Gasteiger partial charge in [-0.05, 0) is 116 Å². The molecule has 0 heterocycles. The summed E-state index contributed by atoms with van der Waals surface area (Å²) in [6.07, 6.45) is 78.6. The summed E-state index contributed by atoms with van der Waals surface area (Å²) in [6.45, 7) is 7.61. The molecule has 0 N–H and O–H groups in total. The van der Waals surface area contributed by atoms with Crippen LogP contribution in [0.15, 0.2) is 97.2 Å². The molecule has 0 saturated carbocycles. The Morgan fingerprint density at radius 3 is 1.15 bits per heavy atom. The fourth-order valence-electron chi connectivity index (χ4n) is 7.80. The van der Waals surface area contributed by atoms with Crippen molar-refractivity contribution in [3.63, 3.8) is 0 Å². The number of esters is 2. The summed E-state index contributed by atoms with van der Waals surface area (Å²) < 4.78 is 17.4. The molecule has 68 heavy (non-hydrogen) atoms. The lowest BCUT2D eigenvalue weighted by atomic mass is 10.1. The van der Waals surface area contributed by atoms with E-state index in [2.05, 4.69) is 118 Å². The Balaban J connectivity index is 4.32. The van der Waals surface area contributed by atoms with Crippen LogP contribution in [0.4, 0.5) is 0 Å². The first kappa shape index (κ1) is 64.8. The van der Waals surface area contributed by atoms with Crippen LogP contribution in [0.2, 0.25) is 0 Å². The van der Waals surface area contributed by atoms with Gasteiger partial charge in [0.2, 0.25) is 0 Å². The molecule has 0 aliphatic heterocycles. The molecule has 5 nitrogen and oxygen atoms in total. The van der Waals surface area contributed by atoms with Gasteiger partial charge in [0.1, 0.15) is 6.61 Å². The average Bonchev–Trinajstić information content (AvgIpc) is 3.34. The molecular weight excluding hydrogens is 837 g/mol. The molecule has 0 spiro atoms. The van der Waals surface area contributed by atoms with Gasteiger partial charge in [-0.1, -0.05) is 234 Å². The van der Waals surface area contributed by atoms with E-state index in [4.69, 9.17) is 14.2 Å². The molecule has 0 aromatic rings. The molecule has 0 aliphatic carbocycles. The number of allylic oxidation sites excluding steroid dienone is 16. The van der Waals surface area contributed by atoms with E-state index in [0.717, 1.165) is 109 Å². The maximum atomic E-state index is 12.8. The minimum absolute atomic E-state index is 0.0580. The number of ether oxygens (including phenoxy) is 3. The van der Waals surface area contributed by atoms with Gasteiger partial charge in [-0.15, -0.1) is 0 Å². The van der Waals surface area contributed by atoms with Crippen molar-refractivity contribution in [3.8, 4) is 0 Å². The van der Waals surface area contributed by atoms with Crippen LogP contribution >= 0.6 is 0 Å². The van der Waals surface area contributed by atoms with Crippen LogP contribution in [-0.2, 0) is 23.8 Å². The van der Waals surface area contributed by atoms with Gasteiger partial charge in [0, 0.05) is 19.4 Å². The third-order valence-corrected chi connectivity index (χ3v) is 12.1. The highest BCUT2D eigenvalue weighted by Gasteiger charge is 2.17. The number of carbonyl (C=O) groups excluding carboxylic acids is 2. The van der Waals surface area contributed by atoms with Crippen molar-refractivity contribution in [2.24, 2.45) is 0 Å². The van der Waals surface area contributed by atoms with E-state index in [-0.39, 0.29) is 25.2 Å². The molecule has 0 aromatic heterocycles. The summed E-state index contributed by atoms with van der Waals surface area (Å²) >= 11 is 0. The summed E-state index contributed by atoms with van der Waals surface area (Å²) in [5, 5.41) is 0. The zero-order chi connectivity index (χ0) is 49.2. The summed E-state index contributed by atoms with van der Waals surface area (Å²) in [5.74, 6) is -0.450. The zero-order valence-corrected chi connectivity index (χ0v) is 44.8. The summed E-state index contributed by atoms with van der Waals surface area (Å²) in [7, 11) is 0. The van der Waals surface area contributed by atoms with Crippen molar-refractivity contribution in [1.29, 1.82) is 0 Å². The fraction of sp³-hybridized carbons (Fsp3) is 0.714. The molecule has 0 amide bonds. The number of unbranched alkanes of at least 4 members (excludes halogenated alkanes) is 25. The van der Waals surface area contributed by atoms with Gasteiger partial charge in [0.25, 0.3) is 0 Å². The van der Waals surface area contributed by atoms with E-state index >= 15 is 0 Å². The van der Waals surface area contributed by atoms with Crippen LogP contribution in [0.1, 0.15) is 265 Å². The smallest absolute Gasteiger partial charge is 0.306 e. The van der Waals surface area contributed by atoms with Gasteiger partial charge in [-0.3, -0.25) is 9.59 Å². The number of rotatable bonds is 52. The number of carbonyl (C=O) groups is 2. The van der Waals surface area contributed by atoms with Crippen molar-refractivity contribution in [2.75, 3.05) is 19.8 Å². The minimum Gasteiger partial charge on any atom is -0.462 e. The highest BCUT2D eigenvalue weighted by atomic mass is 16.6. The minimum atomic E-state index is -0.563. The molecule has 390 valence electrons. The Morgan fingerprint density at radius 2 is 0.691 bits per heavy atom. The zero-order valence-electron chi connectivity index (χ0n) is 44.8. The van der Waals surface area contributed by atoms with E-state index in [1.807, 2.05) is 0 Å². The monoisotopic (exact) mass is 945 g/mol. The first-order valence-electron chi connectivity index (χ1n) is 28.8. The molecule has 1 unspecified atom stereocenters. The van der Waals surface area contributed by atoms with Gasteiger partial charge < -0.3 is 14.2 Å². The van der Waals surface area contributed by atoms with Crippen molar-refractivity contribution in [3.05, 3.63) is 97.2 Å². The predicted molar refractivity (Wildman–Crippen MR) is 297 cm³/mol. The van der Waals surface area contributed by atoms with Crippen LogP contribution in [0.5, 0.6) is 0 Å². The van der Waals surface area contributed by atoms with Crippen LogP contribution in [-0.4, -0.2) is 37.9 Å². The topological polar surface area (TPSA) is 61.8 Å². The molecule has 0 rings (SSSR count). The van der Waals surface area contributed by atoms with E-state index in [9.17, 15) is 9.59 Å². The quantitative estimate of drug-likeness (QED) is 0.0345. The SMILES string of the molecule is CC/C=C\C/C=C\C/C=C\C/C=C\C/C=C\CCCCCC(=O)OCC(COCCCCCCCCCCCC/C=C\CCCCCCCC)OC(=O)CCCCCCC/C=C\C/C=C\CCC. The molecule has 5 heteroatoms. The van der Waals surface area contributed by atoms with Crippen molar-refractivity contribution in [1.82, 2.24) is 0 Å². The van der Waals surface area contributed by atoms with Crippen molar-refractivity contribution < 1.29 is 23.8 Å². The normalized spacial score (nSPS) is 12.9. The van der Waals surface area contributed by atoms with E-state index in [0.29, 0.717) is 19.4 Å². The van der Waals surface area contributed by atoms with E-state index < -0.39 is 6.10 Å². The summed E-state index contributed by atoms with van der Waals surface area (Å²) in [6, 6.07) is 0. The Bertz CT molecular complexity index is 1300. The third-order valence-electron chi connectivity index (χ3n) is 12.1.